The SMILES string of the molecule is O=C(C=C1CCN(Cc2ccccc2)CC1)c1ccc(Nc2ncnc3c2CCC3)cc1. The Hall–Kier alpha value is -3.31. The number of likely N-dealkylation sites (tertiary alicyclic amines) is 1. The summed E-state index contributed by atoms with van der Waals surface area (Å²) < 4.78 is 0. The third-order valence-electron chi connectivity index (χ3n) is 6.39. The molecule has 0 atom stereocenters. The zero-order valence-electron chi connectivity index (χ0n) is 18.3. The molecule has 1 N–H and O–H groups in total. The normalized spacial score (nSPS) is 15.9. The molecule has 0 spiro atoms. The largest absolute Gasteiger partial charge is 0.340 e. The van der Waals surface area contributed by atoms with Gasteiger partial charge in [-0.1, -0.05) is 35.9 Å². The maximum atomic E-state index is 12.8. The lowest BCUT2D eigenvalue weighted by Crippen LogP contribution is -2.30. The van der Waals surface area contributed by atoms with Gasteiger partial charge in [-0.05, 0) is 68.0 Å². The number of aryl methyl sites for hydroxylation is 1. The highest BCUT2D eigenvalue weighted by molar-refractivity contribution is 6.05. The molecule has 2 heterocycles. The maximum Gasteiger partial charge on any atom is 0.185 e. The van der Waals surface area contributed by atoms with Gasteiger partial charge in [-0.3, -0.25) is 9.69 Å². The van der Waals surface area contributed by atoms with Gasteiger partial charge in [0, 0.05) is 42.1 Å². The molecular weight excluding hydrogens is 396 g/mol. The van der Waals surface area contributed by atoms with E-state index in [0.29, 0.717) is 0 Å². The molecular formula is C27H28N4O. The van der Waals surface area contributed by atoms with Crippen molar-refractivity contribution in [2.45, 2.75) is 38.6 Å². The van der Waals surface area contributed by atoms with Gasteiger partial charge in [0.2, 0.25) is 0 Å². The zero-order chi connectivity index (χ0) is 21.8. The molecule has 0 unspecified atom stereocenters. The smallest absolute Gasteiger partial charge is 0.185 e. The van der Waals surface area contributed by atoms with Gasteiger partial charge in [0.05, 0.1) is 0 Å². The van der Waals surface area contributed by atoms with E-state index in [9.17, 15) is 4.79 Å². The summed E-state index contributed by atoms with van der Waals surface area (Å²) in [6.45, 7) is 2.98. The van der Waals surface area contributed by atoms with Crippen molar-refractivity contribution in [3.05, 3.63) is 95.0 Å². The quantitative estimate of drug-likeness (QED) is 0.440. The molecule has 2 aromatic carbocycles. The molecule has 0 saturated carbocycles. The molecule has 1 aromatic heterocycles. The number of hydrogen-bond donors (Lipinski definition) is 1. The minimum absolute atomic E-state index is 0.0889. The first-order valence-corrected chi connectivity index (χ1v) is 11.4. The number of fused-ring (bicyclic) bond motifs is 1. The number of nitrogens with one attached hydrogen (secondary N) is 1. The number of benzene rings is 2. The number of piperidine rings is 1. The summed E-state index contributed by atoms with van der Waals surface area (Å²) in [4.78, 5) is 24.0. The van der Waals surface area contributed by atoms with Crippen LogP contribution in [0.3, 0.4) is 0 Å². The second-order valence-corrected chi connectivity index (χ2v) is 8.63. The van der Waals surface area contributed by atoms with E-state index in [4.69, 9.17) is 0 Å². The van der Waals surface area contributed by atoms with E-state index in [1.54, 1.807) is 6.33 Å². The number of ketones is 1. The van der Waals surface area contributed by atoms with E-state index < -0.39 is 0 Å². The van der Waals surface area contributed by atoms with Crippen LogP contribution in [0, 0.1) is 0 Å². The summed E-state index contributed by atoms with van der Waals surface area (Å²) >= 11 is 0. The van der Waals surface area contributed by atoms with Gasteiger partial charge in [0.25, 0.3) is 0 Å². The average Bonchev–Trinajstić information content (AvgIpc) is 3.32. The van der Waals surface area contributed by atoms with E-state index >= 15 is 0 Å². The summed E-state index contributed by atoms with van der Waals surface area (Å²) in [5.41, 5.74) is 6.63. The van der Waals surface area contributed by atoms with E-state index in [1.165, 1.54) is 16.7 Å². The van der Waals surface area contributed by atoms with Crippen molar-refractivity contribution in [2.75, 3.05) is 18.4 Å². The van der Waals surface area contributed by atoms with Crippen LogP contribution >= 0.6 is 0 Å². The van der Waals surface area contributed by atoms with Crippen LogP contribution in [0.25, 0.3) is 0 Å². The van der Waals surface area contributed by atoms with Crippen LogP contribution < -0.4 is 5.32 Å². The lowest BCUT2D eigenvalue weighted by molar-refractivity contribution is 0.104. The van der Waals surface area contributed by atoms with Crippen molar-refractivity contribution in [3.63, 3.8) is 0 Å². The number of anilines is 2. The van der Waals surface area contributed by atoms with Gasteiger partial charge in [0.15, 0.2) is 5.78 Å². The fourth-order valence-corrected chi connectivity index (χ4v) is 4.57. The first-order valence-electron chi connectivity index (χ1n) is 11.4. The van der Waals surface area contributed by atoms with Crippen molar-refractivity contribution in [1.82, 2.24) is 14.9 Å². The standard InChI is InChI=1S/C27H28N4O/c32-26(17-20-13-15-31(16-14-20)18-21-5-2-1-3-6-21)22-9-11-23(12-10-22)30-27-24-7-4-8-25(24)28-19-29-27/h1-3,5-6,9-12,17,19H,4,7-8,13-16,18H2,(H,28,29,30). The predicted molar refractivity (Wildman–Crippen MR) is 127 cm³/mol. The van der Waals surface area contributed by atoms with Gasteiger partial charge in [-0.25, -0.2) is 9.97 Å². The van der Waals surface area contributed by atoms with Crippen molar-refractivity contribution in [3.8, 4) is 0 Å². The third kappa shape index (κ3) is 4.78. The highest BCUT2D eigenvalue weighted by Crippen LogP contribution is 2.27. The number of rotatable bonds is 6. The highest BCUT2D eigenvalue weighted by atomic mass is 16.1. The van der Waals surface area contributed by atoms with Crippen molar-refractivity contribution < 1.29 is 4.79 Å². The molecule has 162 valence electrons. The Bertz CT molecular complexity index is 1110. The van der Waals surface area contributed by atoms with Gasteiger partial charge >= 0.3 is 0 Å². The lowest BCUT2D eigenvalue weighted by Gasteiger charge is -2.28. The zero-order valence-corrected chi connectivity index (χ0v) is 18.3. The molecule has 0 amide bonds. The minimum atomic E-state index is 0.0889. The van der Waals surface area contributed by atoms with Crippen LogP contribution in [0.5, 0.6) is 0 Å². The highest BCUT2D eigenvalue weighted by Gasteiger charge is 2.18. The van der Waals surface area contributed by atoms with Gasteiger partial charge in [-0.15, -0.1) is 0 Å². The Kier molecular flexibility index (Phi) is 6.08. The van der Waals surface area contributed by atoms with Gasteiger partial charge in [0.1, 0.15) is 12.1 Å². The molecule has 0 bridgehead atoms. The number of carbonyl (C=O) groups excluding carboxylic acids is 1. The second-order valence-electron chi connectivity index (χ2n) is 8.63. The Morgan fingerprint density at radius 2 is 1.72 bits per heavy atom. The van der Waals surface area contributed by atoms with Gasteiger partial charge < -0.3 is 5.32 Å². The summed E-state index contributed by atoms with van der Waals surface area (Å²) in [5, 5.41) is 3.39. The molecule has 0 radical (unpaired) electrons. The number of carbonyl (C=O) groups is 1. The van der Waals surface area contributed by atoms with Crippen LogP contribution in [0.4, 0.5) is 11.5 Å². The Balaban J connectivity index is 1.17. The Morgan fingerprint density at radius 3 is 2.50 bits per heavy atom. The van der Waals surface area contributed by atoms with Crippen LogP contribution in [0.15, 0.2) is 72.6 Å². The van der Waals surface area contributed by atoms with E-state index in [1.807, 2.05) is 30.3 Å². The topological polar surface area (TPSA) is 58.1 Å². The molecule has 5 rings (SSSR count). The Morgan fingerprint density at radius 1 is 0.938 bits per heavy atom. The fourth-order valence-electron chi connectivity index (χ4n) is 4.57. The summed E-state index contributed by atoms with van der Waals surface area (Å²) in [6, 6.07) is 18.3. The second kappa shape index (κ2) is 9.45. The van der Waals surface area contributed by atoms with Crippen LogP contribution in [0.1, 0.15) is 46.4 Å². The average molecular weight is 425 g/mol. The third-order valence-corrected chi connectivity index (χ3v) is 6.39. The first kappa shape index (κ1) is 20.6. The summed E-state index contributed by atoms with van der Waals surface area (Å²) in [6.07, 6.45) is 8.56. The van der Waals surface area contributed by atoms with Crippen LogP contribution in [-0.2, 0) is 19.4 Å². The van der Waals surface area contributed by atoms with Crippen molar-refractivity contribution in [1.29, 1.82) is 0 Å². The monoisotopic (exact) mass is 424 g/mol. The maximum absolute atomic E-state index is 12.8. The molecule has 5 heteroatoms. The molecule has 1 fully saturated rings. The number of nitrogens with zero attached hydrogens (tertiary/aromatic N) is 3. The molecule has 3 aromatic rings. The summed E-state index contributed by atoms with van der Waals surface area (Å²) in [5.74, 6) is 0.974. The van der Waals surface area contributed by atoms with Gasteiger partial charge in [-0.2, -0.15) is 0 Å². The molecule has 1 saturated heterocycles. The molecule has 1 aliphatic carbocycles. The Labute approximate surface area is 189 Å². The van der Waals surface area contributed by atoms with E-state index in [2.05, 4.69) is 50.5 Å². The van der Waals surface area contributed by atoms with Crippen molar-refractivity contribution in [2.24, 2.45) is 0 Å². The van der Waals surface area contributed by atoms with Crippen LogP contribution in [-0.4, -0.2) is 33.7 Å². The molecule has 5 nitrogen and oxygen atoms in total. The van der Waals surface area contributed by atoms with Crippen molar-refractivity contribution >= 4 is 17.3 Å². The number of aromatic nitrogens is 2. The minimum Gasteiger partial charge on any atom is -0.340 e. The summed E-state index contributed by atoms with van der Waals surface area (Å²) in [7, 11) is 0. The molecule has 32 heavy (non-hydrogen) atoms. The van der Waals surface area contributed by atoms with E-state index in [-0.39, 0.29) is 5.78 Å². The number of hydrogen-bond acceptors (Lipinski definition) is 5. The van der Waals surface area contributed by atoms with E-state index in [0.717, 1.165) is 74.5 Å². The first-order chi connectivity index (χ1) is 15.7. The molecule has 1 aliphatic heterocycles. The number of allylic oxidation sites excluding steroid dienone is 1. The molecule has 2 aliphatic rings. The predicted octanol–water partition coefficient (Wildman–Crippen LogP) is 5.11. The fraction of sp³-hybridized carbons (Fsp3) is 0.296. The van der Waals surface area contributed by atoms with Crippen LogP contribution in [0.2, 0.25) is 0 Å². The lowest BCUT2D eigenvalue weighted by atomic mass is 9.99.